The number of Topliss-reactive ketones (excluding diaryl/α,β-unsaturated/α-hetero) is 1. The standard InChI is InChI=1S/C29H35NO6S2/c1-30-17-36-23-10-9-22(33)15-37-38-16-26-24(11-5-18-3-7-21(32)14-25(18)26)28-19(4-8-20(31)13-23)6-12-27(34)29(28)35-2/h3,5-7,11-12,14,22-23,30,32-34H,4,8-10,13,15-17H2,1-2H3/t22-,23+/m0/s1. The highest BCUT2D eigenvalue weighted by Gasteiger charge is 2.23. The molecule has 0 bridgehead atoms. The van der Waals surface area contributed by atoms with E-state index in [0.717, 1.165) is 33.0 Å². The van der Waals surface area contributed by atoms with Crippen LogP contribution in [0.4, 0.5) is 0 Å². The Bertz CT molecular complexity index is 1270. The van der Waals surface area contributed by atoms with Crippen molar-refractivity contribution < 1.29 is 29.6 Å². The molecule has 0 fully saturated rings. The number of fused-ring (bicyclic) bond motifs is 5. The molecule has 9 heteroatoms. The molecule has 1 heterocycles. The molecule has 2 atom stereocenters. The van der Waals surface area contributed by atoms with Crippen LogP contribution in [0, 0.1) is 0 Å². The molecule has 0 saturated heterocycles. The van der Waals surface area contributed by atoms with Crippen molar-refractivity contribution in [1.82, 2.24) is 5.32 Å². The van der Waals surface area contributed by atoms with E-state index in [9.17, 15) is 20.1 Å². The van der Waals surface area contributed by atoms with Crippen molar-refractivity contribution in [3.63, 3.8) is 0 Å². The first-order valence-electron chi connectivity index (χ1n) is 12.8. The van der Waals surface area contributed by atoms with E-state index in [0.29, 0.717) is 49.7 Å². The number of rotatable bonds is 4. The number of aliphatic hydroxyl groups is 1. The average Bonchev–Trinajstić information content (AvgIpc) is 2.91. The number of carbonyl (C=O) groups excluding carboxylic acids is 1. The van der Waals surface area contributed by atoms with E-state index in [1.165, 1.54) is 7.11 Å². The zero-order valence-electron chi connectivity index (χ0n) is 21.7. The third-order valence-electron chi connectivity index (χ3n) is 6.77. The zero-order chi connectivity index (χ0) is 27.1. The summed E-state index contributed by atoms with van der Waals surface area (Å²) in [5.41, 5.74) is 3.53. The molecule has 0 spiro atoms. The molecule has 0 unspecified atom stereocenters. The van der Waals surface area contributed by atoms with Crippen molar-refractivity contribution in [1.29, 1.82) is 0 Å². The van der Waals surface area contributed by atoms with Crippen molar-refractivity contribution in [3.8, 4) is 28.4 Å². The molecule has 1 aliphatic rings. The molecule has 4 N–H and O–H groups in total. The Balaban J connectivity index is 1.80. The smallest absolute Gasteiger partial charge is 0.168 e. The van der Waals surface area contributed by atoms with Crippen molar-refractivity contribution >= 4 is 38.1 Å². The molecule has 3 aromatic carbocycles. The molecule has 4 rings (SSSR count). The predicted octanol–water partition coefficient (Wildman–Crippen LogP) is 5.42. The number of aromatic hydroxyl groups is 2. The van der Waals surface area contributed by atoms with Crippen LogP contribution < -0.4 is 10.1 Å². The first-order valence-corrected chi connectivity index (χ1v) is 15.2. The highest BCUT2D eigenvalue weighted by Crippen LogP contribution is 2.45. The van der Waals surface area contributed by atoms with Gasteiger partial charge in [-0.2, -0.15) is 0 Å². The summed E-state index contributed by atoms with van der Waals surface area (Å²) in [5.74, 6) is 1.80. The second-order valence-electron chi connectivity index (χ2n) is 9.46. The number of phenols is 2. The van der Waals surface area contributed by atoms with Crippen LogP contribution in [0.2, 0.25) is 0 Å². The van der Waals surface area contributed by atoms with Crippen LogP contribution in [0.5, 0.6) is 17.2 Å². The summed E-state index contributed by atoms with van der Waals surface area (Å²) in [6.45, 7) is 0.345. The third kappa shape index (κ3) is 6.95. The highest BCUT2D eigenvalue weighted by molar-refractivity contribution is 8.76. The molecular weight excluding hydrogens is 522 g/mol. The molecule has 7 nitrogen and oxygen atoms in total. The largest absolute Gasteiger partial charge is 0.508 e. The first-order chi connectivity index (χ1) is 18.4. The molecule has 0 aromatic heterocycles. The summed E-state index contributed by atoms with van der Waals surface area (Å²) in [7, 11) is 6.55. The Morgan fingerprint density at radius 2 is 1.87 bits per heavy atom. The number of nitrogens with one attached hydrogen (secondary N) is 1. The lowest BCUT2D eigenvalue weighted by Crippen LogP contribution is -2.25. The highest BCUT2D eigenvalue weighted by atomic mass is 33.1. The van der Waals surface area contributed by atoms with Crippen molar-refractivity contribution in [2.24, 2.45) is 0 Å². The molecule has 0 aliphatic carbocycles. The maximum Gasteiger partial charge on any atom is 0.168 e. The van der Waals surface area contributed by atoms with E-state index >= 15 is 0 Å². The van der Waals surface area contributed by atoms with E-state index in [1.54, 1.807) is 46.8 Å². The predicted molar refractivity (Wildman–Crippen MR) is 155 cm³/mol. The van der Waals surface area contributed by atoms with E-state index in [1.807, 2.05) is 24.3 Å². The van der Waals surface area contributed by atoms with Gasteiger partial charge in [0.1, 0.15) is 11.5 Å². The summed E-state index contributed by atoms with van der Waals surface area (Å²) >= 11 is 0. The number of ketones is 1. The van der Waals surface area contributed by atoms with Crippen molar-refractivity contribution in [2.45, 2.75) is 50.1 Å². The zero-order valence-corrected chi connectivity index (χ0v) is 23.4. The van der Waals surface area contributed by atoms with E-state index in [4.69, 9.17) is 9.47 Å². The van der Waals surface area contributed by atoms with Gasteiger partial charge in [-0.1, -0.05) is 45.9 Å². The molecule has 1 aliphatic heterocycles. The lowest BCUT2D eigenvalue weighted by molar-refractivity contribution is -0.122. The van der Waals surface area contributed by atoms with Crippen LogP contribution in [-0.2, 0) is 21.7 Å². The summed E-state index contributed by atoms with van der Waals surface area (Å²) in [6, 6.07) is 12.8. The Morgan fingerprint density at radius 3 is 2.66 bits per heavy atom. The Hall–Kier alpha value is -2.43. The van der Waals surface area contributed by atoms with Gasteiger partial charge in [0.2, 0.25) is 0 Å². The molecule has 204 valence electrons. The van der Waals surface area contributed by atoms with Gasteiger partial charge in [0.15, 0.2) is 11.5 Å². The Morgan fingerprint density at radius 1 is 1.05 bits per heavy atom. The molecule has 3 aromatic rings. The molecule has 38 heavy (non-hydrogen) atoms. The van der Waals surface area contributed by atoms with Crippen LogP contribution in [0.15, 0.2) is 42.5 Å². The number of carbonyl (C=O) groups is 1. The van der Waals surface area contributed by atoms with E-state index in [-0.39, 0.29) is 29.8 Å². The van der Waals surface area contributed by atoms with Gasteiger partial charge in [0.25, 0.3) is 0 Å². The van der Waals surface area contributed by atoms with Crippen LogP contribution in [0.3, 0.4) is 0 Å². The third-order valence-corrected chi connectivity index (χ3v) is 9.13. The molecule has 0 amide bonds. The number of methoxy groups -OCH3 is 1. The normalized spacial score (nSPS) is 19.6. The fourth-order valence-corrected chi connectivity index (χ4v) is 7.14. The van der Waals surface area contributed by atoms with Gasteiger partial charge < -0.3 is 24.8 Å². The van der Waals surface area contributed by atoms with Crippen LogP contribution in [-0.4, -0.2) is 60.0 Å². The molecule has 0 radical (unpaired) electrons. The van der Waals surface area contributed by atoms with E-state index in [2.05, 4.69) is 5.32 Å². The summed E-state index contributed by atoms with van der Waals surface area (Å²) in [5, 5.41) is 36.4. The number of hydrogen-bond donors (Lipinski definition) is 4. The minimum atomic E-state index is -0.509. The summed E-state index contributed by atoms with van der Waals surface area (Å²) in [4.78, 5) is 13.0. The Labute approximate surface area is 231 Å². The fourth-order valence-electron chi connectivity index (χ4n) is 4.85. The van der Waals surface area contributed by atoms with Gasteiger partial charge in [0.05, 0.1) is 26.0 Å². The second-order valence-corrected chi connectivity index (χ2v) is 12.0. The van der Waals surface area contributed by atoms with Gasteiger partial charge in [-0.05, 0) is 72.0 Å². The SMILES string of the molecule is CNCO[C@@H]1CC[C@H](O)CSSCc2c(ccc3ccc(O)cc23)-c2c(ccc(O)c2OC)CCC(=O)C1. The van der Waals surface area contributed by atoms with Crippen LogP contribution in [0.25, 0.3) is 21.9 Å². The van der Waals surface area contributed by atoms with Crippen molar-refractivity contribution in [3.05, 3.63) is 53.6 Å². The minimum Gasteiger partial charge on any atom is -0.508 e. The van der Waals surface area contributed by atoms with Crippen LogP contribution in [0.1, 0.15) is 36.8 Å². The van der Waals surface area contributed by atoms with Gasteiger partial charge in [-0.15, -0.1) is 0 Å². The minimum absolute atomic E-state index is 0.0274. The second kappa shape index (κ2) is 13.6. The number of ether oxygens (including phenoxy) is 2. The molecule has 0 saturated carbocycles. The molecular formula is C29H35NO6S2. The number of hydrogen-bond acceptors (Lipinski definition) is 9. The van der Waals surface area contributed by atoms with Gasteiger partial charge in [-0.3, -0.25) is 10.1 Å². The summed E-state index contributed by atoms with van der Waals surface area (Å²) in [6.07, 6.45) is 1.46. The van der Waals surface area contributed by atoms with E-state index < -0.39 is 6.10 Å². The van der Waals surface area contributed by atoms with Crippen LogP contribution >= 0.6 is 21.6 Å². The van der Waals surface area contributed by atoms with Gasteiger partial charge in [0, 0.05) is 29.9 Å². The lowest BCUT2D eigenvalue weighted by atomic mass is 9.89. The number of phenolic OH excluding ortho intramolecular Hbond substituents is 2. The maximum atomic E-state index is 13.0. The monoisotopic (exact) mass is 557 g/mol. The number of benzene rings is 3. The van der Waals surface area contributed by atoms with Gasteiger partial charge >= 0.3 is 0 Å². The quantitative estimate of drug-likeness (QED) is 0.247. The summed E-state index contributed by atoms with van der Waals surface area (Å²) < 4.78 is 11.5. The fraction of sp³-hybridized carbons (Fsp3) is 0.414. The number of aliphatic hydroxyl groups excluding tert-OH is 1. The first kappa shape index (κ1) is 28.6. The van der Waals surface area contributed by atoms with Crippen molar-refractivity contribution in [2.75, 3.05) is 26.6 Å². The Kier molecular flexibility index (Phi) is 10.2. The average molecular weight is 558 g/mol. The number of aryl methyl sites for hydroxylation is 1. The van der Waals surface area contributed by atoms with Gasteiger partial charge in [-0.25, -0.2) is 0 Å². The maximum absolute atomic E-state index is 13.0. The lowest BCUT2D eigenvalue weighted by Gasteiger charge is -2.21. The topological polar surface area (TPSA) is 108 Å².